The summed E-state index contributed by atoms with van der Waals surface area (Å²) in [4.78, 5) is 12.7. The fraction of sp³-hybridized carbons (Fsp3) is 0.947. The fourth-order valence-corrected chi connectivity index (χ4v) is 3.53. The molecule has 0 heterocycles. The van der Waals surface area contributed by atoms with Crippen LogP contribution in [0.2, 0.25) is 0 Å². The first-order valence-electron chi connectivity index (χ1n) is 9.40. The van der Waals surface area contributed by atoms with Gasteiger partial charge in [-0.1, -0.05) is 72.1 Å². The van der Waals surface area contributed by atoms with Gasteiger partial charge in [-0.3, -0.25) is 4.79 Å². The predicted molar refractivity (Wildman–Crippen MR) is 91.4 cm³/mol. The standard InChI is InChI=1S/C19H37NO/c1-4-6-11-15-19(3,14-7-5-2)18(21)20-16-17-12-9-8-10-13-17/h17H,4-16H2,1-3H3,(H,20,21). The van der Waals surface area contributed by atoms with E-state index in [9.17, 15) is 4.79 Å². The van der Waals surface area contributed by atoms with Crippen molar-refractivity contribution in [2.45, 2.75) is 97.8 Å². The maximum atomic E-state index is 12.7. The summed E-state index contributed by atoms with van der Waals surface area (Å²) in [5.74, 6) is 1.05. The van der Waals surface area contributed by atoms with Crippen LogP contribution >= 0.6 is 0 Å². The van der Waals surface area contributed by atoms with Gasteiger partial charge in [0.15, 0.2) is 0 Å². The molecule has 1 rings (SSSR count). The monoisotopic (exact) mass is 295 g/mol. The van der Waals surface area contributed by atoms with Crippen molar-refractivity contribution in [3.05, 3.63) is 0 Å². The SMILES string of the molecule is CCCCCC(C)(CCCC)C(=O)NCC1CCCCC1. The molecule has 124 valence electrons. The Morgan fingerprint density at radius 3 is 2.24 bits per heavy atom. The van der Waals surface area contributed by atoms with E-state index in [-0.39, 0.29) is 5.41 Å². The number of hydrogen-bond acceptors (Lipinski definition) is 1. The molecule has 1 atom stereocenters. The lowest BCUT2D eigenvalue weighted by atomic mass is 9.79. The normalized spacial score (nSPS) is 19.2. The second-order valence-electron chi connectivity index (χ2n) is 7.34. The quantitative estimate of drug-likeness (QED) is 0.533. The van der Waals surface area contributed by atoms with Crippen LogP contribution in [-0.2, 0) is 4.79 Å². The van der Waals surface area contributed by atoms with Crippen LogP contribution in [0.3, 0.4) is 0 Å². The second kappa shape index (κ2) is 10.2. The smallest absolute Gasteiger partial charge is 0.225 e. The molecule has 1 aliphatic rings. The molecule has 1 aliphatic carbocycles. The van der Waals surface area contributed by atoms with Gasteiger partial charge < -0.3 is 5.32 Å². The molecule has 0 saturated heterocycles. The van der Waals surface area contributed by atoms with Crippen molar-refractivity contribution < 1.29 is 4.79 Å². The lowest BCUT2D eigenvalue weighted by Gasteiger charge is -2.30. The van der Waals surface area contributed by atoms with E-state index in [4.69, 9.17) is 0 Å². The topological polar surface area (TPSA) is 29.1 Å². The fourth-order valence-electron chi connectivity index (χ4n) is 3.53. The van der Waals surface area contributed by atoms with Crippen molar-refractivity contribution >= 4 is 5.91 Å². The molecule has 1 fully saturated rings. The van der Waals surface area contributed by atoms with E-state index in [2.05, 4.69) is 26.1 Å². The third-order valence-corrected chi connectivity index (χ3v) is 5.24. The summed E-state index contributed by atoms with van der Waals surface area (Å²) < 4.78 is 0. The Bertz CT molecular complexity index is 283. The van der Waals surface area contributed by atoms with E-state index in [1.807, 2.05) is 0 Å². The molecule has 2 heteroatoms. The largest absolute Gasteiger partial charge is 0.355 e. The van der Waals surface area contributed by atoms with Gasteiger partial charge in [0.2, 0.25) is 5.91 Å². The number of nitrogens with one attached hydrogen (secondary N) is 1. The molecule has 0 aromatic heterocycles. The summed E-state index contributed by atoms with van der Waals surface area (Å²) in [6.45, 7) is 7.54. The highest BCUT2D eigenvalue weighted by Crippen LogP contribution is 2.31. The van der Waals surface area contributed by atoms with Gasteiger partial charge in [0.25, 0.3) is 0 Å². The van der Waals surface area contributed by atoms with Crippen LogP contribution in [0.4, 0.5) is 0 Å². The maximum absolute atomic E-state index is 12.7. The Morgan fingerprint density at radius 2 is 1.62 bits per heavy atom. The van der Waals surface area contributed by atoms with Crippen molar-refractivity contribution in [2.75, 3.05) is 6.54 Å². The number of carbonyl (C=O) groups is 1. The lowest BCUT2D eigenvalue weighted by molar-refractivity contribution is -0.131. The first-order chi connectivity index (χ1) is 10.1. The molecule has 1 saturated carbocycles. The molecule has 1 unspecified atom stereocenters. The molecule has 21 heavy (non-hydrogen) atoms. The molecule has 0 radical (unpaired) electrons. The van der Waals surface area contributed by atoms with Crippen molar-refractivity contribution in [1.29, 1.82) is 0 Å². The summed E-state index contributed by atoms with van der Waals surface area (Å²) in [5.41, 5.74) is -0.139. The van der Waals surface area contributed by atoms with Gasteiger partial charge in [-0.25, -0.2) is 0 Å². The zero-order chi connectivity index (χ0) is 15.6. The Kier molecular flexibility index (Phi) is 9.03. The van der Waals surface area contributed by atoms with E-state index >= 15 is 0 Å². The first-order valence-corrected chi connectivity index (χ1v) is 9.40. The molecular formula is C19H37NO. The Labute approximate surface area is 132 Å². The summed E-state index contributed by atoms with van der Waals surface area (Å²) in [5, 5.41) is 3.29. The highest BCUT2D eigenvalue weighted by molar-refractivity contribution is 5.82. The van der Waals surface area contributed by atoms with Gasteiger partial charge in [-0.15, -0.1) is 0 Å². The molecular weight excluding hydrogens is 258 g/mol. The average molecular weight is 296 g/mol. The zero-order valence-electron chi connectivity index (χ0n) is 14.7. The average Bonchev–Trinajstić information content (AvgIpc) is 2.52. The first kappa shape index (κ1) is 18.5. The molecule has 0 aromatic carbocycles. The van der Waals surface area contributed by atoms with E-state index < -0.39 is 0 Å². The van der Waals surface area contributed by atoms with Gasteiger partial charge in [0.05, 0.1) is 0 Å². The highest BCUT2D eigenvalue weighted by Gasteiger charge is 2.32. The van der Waals surface area contributed by atoms with Gasteiger partial charge in [0.1, 0.15) is 0 Å². The number of rotatable bonds is 10. The Hall–Kier alpha value is -0.530. The summed E-state index contributed by atoms with van der Waals surface area (Å²) in [6, 6.07) is 0. The zero-order valence-corrected chi connectivity index (χ0v) is 14.7. The summed E-state index contributed by atoms with van der Waals surface area (Å²) in [6.07, 6.45) is 14.8. The van der Waals surface area contributed by atoms with Gasteiger partial charge in [-0.05, 0) is 31.6 Å². The highest BCUT2D eigenvalue weighted by atomic mass is 16.2. The lowest BCUT2D eigenvalue weighted by Crippen LogP contribution is -2.41. The predicted octanol–water partition coefficient (Wildman–Crippen LogP) is 5.46. The Balaban J connectivity index is 2.44. The molecule has 0 aliphatic heterocycles. The van der Waals surface area contributed by atoms with E-state index in [1.54, 1.807) is 0 Å². The maximum Gasteiger partial charge on any atom is 0.225 e. The second-order valence-corrected chi connectivity index (χ2v) is 7.34. The van der Waals surface area contributed by atoms with E-state index in [0.717, 1.165) is 25.3 Å². The van der Waals surface area contributed by atoms with Crippen LogP contribution in [0.25, 0.3) is 0 Å². The Morgan fingerprint density at radius 1 is 1.00 bits per heavy atom. The number of unbranched alkanes of at least 4 members (excludes halogenated alkanes) is 3. The number of amides is 1. The van der Waals surface area contributed by atoms with Gasteiger partial charge in [-0.2, -0.15) is 0 Å². The summed E-state index contributed by atoms with van der Waals surface area (Å²) in [7, 11) is 0. The van der Waals surface area contributed by atoms with Gasteiger partial charge in [0, 0.05) is 12.0 Å². The minimum atomic E-state index is -0.139. The molecule has 0 aromatic rings. The third kappa shape index (κ3) is 6.84. The number of hydrogen-bond donors (Lipinski definition) is 1. The molecule has 0 spiro atoms. The van der Waals surface area contributed by atoms with Crippen LogP contribution in [0.1, 0.15) is 97.8 Å². The van der Waals surface area contributed by atoms with Crippen LogP contribution < -0.4 is 5.32 Å². The van der Waals surface area contributed by atoms with Crippen molar-refractivity contribution in [2.24, 2.45) is 11.3 Å². The van der Waals surface area contributed by atoms with Crippen molar-refractivity contribution in [3.8, 4) is 0 Å². The summed E-state index contributed by atoms with van der Waals surface area (Å²) >= 11 is 0. The van der Waals surface area contributed by atoms with Crippen molar-refractivity contribution in [1.82, 2.24) is 5.32 Å². The molecule has 2 nitrogen and oxygen atoms in total. The van der Waals surface area contributed by atoms with E-state index in [1.165, 1.54) is 64.2 Å². The minimum Gasteiger partial charge on any atom is -0.355 e. The molecule has 1 N–H and O–H groups in total. The van der Waals surface area contributed by atoms with Crippen LogP contribution in [-0.4, -0.2) is 12.5 Å². The van der Waals surface area contributed by atoms with Crippen LogP contribution in [0, 0.1) is 11.3 Å². The van der Waals surface area contributed by atoms with Crippen LogP contribution in [0.5, 0.6) is 0 Å². The molecule has 0 bridgehead atoms. The third-order valence-electron chi connectivity index (χ3n) is 5.24. The van der Waals surface area contributed by atoms with Crippen LogP contribution in [0.15, 0.2) is 0 Å². The van der Waals surface area contributed by atoms with E-state index in [0.29, 0.717) is 5.91 Å². The molecule has 1 amide bonds. The minimum absolute atomic E-state index is 0.139. The number of carbonyl (C=O) groups excluding carboxylic acids is 1. The van der Waals surface area contributed by atoms with Gasteiger partial charge >= 0.3 is 0 Å². The van der Waals surface area contributed by atoms with Crippen molar-refractivity contribution in [3.63, 3.8) is 0 Å².